The maximum absolute atomic E-state index is 12.4. The van der Waals surface area contributed by atoms with Crippen molar-refractivity contribution < 1.29 is 24.1 Å². The number of unbranched alkanes of at least 4 members (excludes halogenated alkanes) is 3. The van der Waals surface area contributed by atoms with E-state index in [1.165, 1.54) is 0 Å². The molecule has 0 aliphatic carbocycles. The van der Waals surface area contributed by atoms with E-state index in [0.717, 1.165) is 76.1 Å². The van der Waals surface area contributed by atoms with Gasteiger partial charge in [-0.15, -0.1) is 0 Å². The zero-order valence-electron chi connectivity index (χ0n) is 18.8. The lowest BCUT2D eigenvalue weighted by Gasteiger charge is -2.28. The van der Waals surface area contributed by atoms with Crippen molar-refractivity contribution in [3.63, 3.8) is 0 Å². The van der Waals surface area contributed by atoms with E-state index in [0.29, 0.717) is 37.6 Å². The summed E-state index contributed by atoms with van der Waals surface area (Å²) in [6.45, 7) is 7.47. The van der Waals surface area contributed by atoms with E-state index in [-0.39, 0.29) is 5.91 Å². The third kappa shape index (κ3) is 6.82. The van der Waals surface area contributed by atoms with Crippen molar-refractivity contribution in [2.45, 2.75) is 63.9 Å². The summed E-state index contributed by atoms with van der Waals surface area (Å²) in [5, 5.41) is 11.1. The number of hydrogen-bond acceptors (Lipinski definition) is 6. The van der Waals surface area contributed by atoms with Crippen molar-refractivity contribution in [3.8, 4) is 11.5 Å². The van der Waals surface area contributed by atoms with Crippen molar-refractivity contribution in [1.82, 2.24) is 4.90 Å². The molecule has 174 valence electrons. The molecule has 0 radical (unpaired) electrons. The quantitative estimate of drug-likeness (QED) is 0.491. The van der Waals surface area contributed by atoms with Crippen LogP contribution in [0, 0.1) is 0 Å². The highest BCUT2D eigenvalue weighted by Gasteiger charge is 2.27. The molecule has 1 aromatic carbocycles. The van der Waals surface area contributed by atoms with Gasteiger partial charge in [0.15, 0.2) is 11.5 Å². The highest BCUT2D eigenvalue weighted by Crippen LogP contribution is 2.40. The Balaban J connectivity index is 1.74. The van der Waals surface area contributed by atoms with Crippen LogP contribution in [0.25, 0.3) is 0 Å². The highest BCUT2D eigenvalue weighted by molar-refractivity contribution is 5.82. The molecule has 31 heavy (non-hydrogen) atoms. The van der Waals surface area contributed by atoms with Crippen molar-refractivity contribution >= 4 is 5.91 Å². The fraction of sp³-hybridized carbons (Fsp3) is 0.708. The summed E-state index contributed by atoms with van der Waals surface area (Å²) in [4.78, 5) is 14.7. The molecule has 1 amide bonds. The number of ether oxygens (including phenoxy) is 3. The molecule has 7 heteroatoms. The standard InChI is InChI=1S/C24H38N2O5/c1-2-3-4-5-7-18(24(25)28)19-16-22-23(31-15-14-30-22)17-20(19)21(27)8-6-9-26-10-12-29-13-11-26/h16-18,21,27H,2-15H2,1H3,(H2,25,28)/t18?,21-/m0/s1. The van der Waals surface area contributed by atoms with Gasteiger partial charge in [-0.25, -0.2) is 0 Å². The van der Waals surface area contributed by atoms with Crippen molar-refractivity contribution in [3.05, 3.63) is 23.3 Å². The minimum atomic E-state index is -0.677. The van der Waals surface area contributed by atoms with E-state index < -0.39 is 12.0 Å². The second-order valence-electron chi connectivity index (χ2n) is 8.54. The number of nitrogens with zero attached hydrogens (tertiary/aromatic N) is 1. The summed E-state index contributed by atoms with van der Waals surface area (Å²) in [7, 11) is 0. The molecule has 0 saturated carbocycles. The van der Waals surface area contributed by atoms with Gasteiger partial charge in [-0.2, -0.15) is 0 Å². The summed E-state index contributed by atoms with van der Waals surface area (Å²) in [6, 6.07) is 3.72. The van der Waals surface area contributed by atoms with Crippen LogP contribution in [0.1, 0.15) is 75.0 Å². The summed E-state index contributed by atoms with van der Waals surface area (Å²) in [5.74, 6) is 0.475. The summed E-state index contributed by atoms with van der Waals surface area (Å²) >= 11 is 0. The number of carbonyl (C=O) groups is 1. The Morgan fingerprint density at radius 3 is 2.32 bits per heavy atom. The molecule has 2 aliphatic rings. The van der Waals surface area contributed by atoms with Crippen LogP contribution in [0.15, 0.2) is 12.1 Å². The van der Waals surface area contributed by atoms with Gasteiger partial charge in [0.25, 0.3) is 0 Å². The first-order valence-electron chi connectivity index (χ1n) is 11.8. The van der Waals surface area contributed by atoms with E-state index in [1.807, 2.05) is 12.1 Å². The molecule has 1 saturated heterocycles. The average Bonchev–Trinajstić information content (AvgIpc) is 2.78. The molecule has 7 nitrogen and oxygen atoms in total. The first-order valence-corrected chi connectivity index (χ1v) is 11.8. The minimum absolute atomic E-state index is 0.352. The van der Waals surface area contributed by atoms with E-state index in [4.69, 9.17) is 19.9 Å². The smallest absolute Gasteiger partial charge is 0.224 e. The number of fused-ring (bicyclic) bond motifs is 1. The number of hydrogen-bond donors (Lipinski definition) is 2. The summed E-state index contributed by atoms with van der Waals surface area (Å²) in [6.07, 6.45) is 5.78. The number of benzene rings is 1. The van der Waals surface area contributed by atoms with Gasteiger partial charge in [-0.1, -0.05) is 32.6 Å². The Hall–Kier alpha value is -1.83. The SMILES string of the molecule is CCCCCCC(C(N)=O)c1cc2c(cc1[C@@H](O)CCCN1CCOCC1)OCCO2. The maximum Gasteiger partial charge on any atom is 0.224 e. The van der Waals surface area contributed by atoms with E-state index >= 15 is 0 Å². The summed E-state index contributed by atoms with van der Waals surface area (Å²) < 4.78 is 16.9. The largest absolute Gasteiger partial charge is 0.486 e. The van der Waals surface area contributed by atoms with Gasteiger partial charge in [0, 0.05) is 13.1 Å². The molecule has 0 bridgehead atoms. The predicted molar refractivity (Wildman–Crippen MR) is 120 cm³/mol. The number of carbonyl (C=O) groups excluding carboxylic acids is 1. The fourth-order valence-electron chi connectivity index (χ4n) is 4.43. The van der Waals surface area contributed by atoms with Crippen molar-refractivity contribution in [2.24, 2.45) is 5.73 Å². The highest BCUT2D eigenvalue weighted by atomic mass is 16.6. The first kappa shape index (κ1) is 23.8. The monoisotopic (exact) mass is 434 g/mol. The van der Waals surface area contributed by atoms with Crippen LogP contribution < -0.4 is 15.2 Å². The Morgan fingerprint density at radius 1 is 1.00 bits per heavy atom. The number of rotatable bonds is 12. The van der Waals surface area contributed by atoms with Gasteiger partial charge in [0.2, 0.25) is 5.91 Å². The maximum atomic E-state index is 12.4. The van der Waals surface area contributed by atoms with Crippen LogP contribution in [0.3, 0.4) is 0 Å². The molecule has 1 fully saturated rings. The first-order chi connectivity index (χ1) is 15.1. The Kier molecular flexibility index (Phi) is 9.43. The molecule has 0 aromatic heterocycles. The minimum Gasteiger partial charge on any atom is -0.486 e. The zero-order chi connectivity index (χ0) is 22.1. The molecule has 3 rings (SSSR count). The third-order valence-corrected chi connectivity index (χ3v) is 6.23. The lowest BCUT2D eigenvalue weighted by molar-refractivity contribution is -0.119. The van der Waals surface area contributed by atoms with Crippen molar-refractivity contribution in [2.75, 3.05) is 46.1 Å². The molecule has 2 atom stereocenters. The number of morpholine rings is 1. The van der Waals surface area contributed by atoms with Crippen LogP contribution in [0.4, 0.5) is 0 Å². The van der Waals surface area contributed by atoms with Crippen LogP contribution in [-0.2, 0) is 9.53 Å². The Bertz CT molecular complexity index is 705. The molecule has 3 N–H and O–H groups in total. The topological polar surface area (TPSA) is 94.3 Å². The molecule has 2 aliphatic heterocycles. The molecular formula is C24H38N2O5. The van der Waals surface area contributed by atoms with E-state index in [9.17, 15) is 9.90 Å². The number of primary amides is 1. The fourth-order valence-corrected chi connectivity index (χ4v) is 4.43. The number of aliphatic hydroxyl groups is 1. The van der Waals surface area contributed by atoms with Crippen LogP contribution in [0.5, 0.6) is 11.5 Å². The van der Waals surface area contributed by atoms with Gasteiger partial charge < -0.3 is 25.1 Å². The molecule has 1 aromatic rings. The predicted octanol–water partition coefficient (Wildman–Crippen LogP) is 3.14. The normalized spacial score (nSPS) is 18.5. The lowest BCUT2D eigenvalue weighted by Crippen LogP contribution is -2.36. The van der Waals surface area contributed by atoms with Gasteiger partial charge in [0.1, 0.15) is 13.2 Å². The second kappa shape index (κ2) is 12.3. The van der Waals surface area contributed by atoms with Gasteiger partial charge >= 0.3 is 0 Å². The Morgan fingerprint density at radius 2 is 1.68 bits per heavy atom. The average molecular weight is 435 g/mol. The molecule has 1 unspecified atom stereocenters. The van der Waals surface area contributed by atoms with Crippen LogP contribution >= 0.6 is 0 Å². The van der Waals surface area contributed by atoms with Gasteiger partial charge in [-0.3, -0.25) is 9.69 Å². The van der Waals surface area contributed by atoms with Gasteiger partial charge in [0.05, 0.1) is 25.2 Å². The Labute approximate surface area is 185 Å². The number of nitrogens with two attached hydrogens (primary N) is 1. The number of amides is 1. The number of aliphatic hydroxyl groups excluding tert-OH is 1. The molecular weight excluding hydrogens is 396 g/mol. The summed E-state index contributed by atoms with van der Waals surface area (Å²) in [5.41, 5.74) is 7.34. The van der Waals surface area contributed by atoms with Crippen molar-refractivity contribution in [1.29, 1.82) is 0 Å². The lowest BCUT2D eigenvalue weighted by atomic mass is 9.86. The third-order valence-electron chi connectivity index (χ3n) is 6.23. The van der Waals surface area contributed by atoms with Gasteiger partial charge in [-0.05, 0) is 49.1 Å². The van der Waals surface area contributed by atoms with Crippen LogP contribution in [-0.4, -0.2) is 62.0 Å². The molecule has 2 heterocycles. The zero-order valence-corrected chi connectivity index (χ0v) is 18.8. The van der Waals surface area contributed by atoms with E-state index in [1.54, 1.807) is 0 Å². The van der Waals surface area contributed by atoms with Crippen LogP contribution in [0.2, 0.25) is 0 Å². The second-order valence-corrected chi connectivity index (χ2v) is 8.54. The molecule has 0 spiro atoms. The van der Waals surface area contributed by atoms with E-state index in [2.05, 4.69) is 11.8 Å².